The first-order valence-corrected chi connectivity index (χ1v) is 5.72. The molecule has 1 amide bonds. The number of nitrogens with zero attached hydrogens (tertiary/aromatic N) is 1. The highest BCUT2D eigenvalue weighted by Crippen LogP contribution is 2.13. The number of hydrogen-bond acceptors (Lipinski definition) is 1. The zero-order chi connectivity index (χ0) is 12.1. The molecule has 0 bridgehead atoms. The molecule has 0 radical (unpaired) electrons. The van der Waals surface area contributed by atoms with Crippen LogP contribution in [0.3, 0.4) is 0 Å². The van der Waals surface area contributed by atoms with E-state index in [1.165, 1.54) is 0 Å². The Balaban J connectivity index is 1.87. The zero-order valence-electron chi connectivity index (χ0n) is 9.89. The summed E-state index contributed by atoms with van der Waals surface area (Å²) >= 11 is 0. The quantitative estimate of drug-likeness (QED) is 0.857. The van der Waals surface area contributed by atoms with Crippen molar-refractivity contribution >= 4 is 11.6 Å². The minimum atomic E-state index is 0.0491. The monoisotopic (exact) mass is 228 g/mol. The molecule has 17 heavy (non-hydrogen) atoms. The summed E-state index contributed by atoms with van der Waals surface area (Å²) in [6, 6.07) is 11.7. The minimum Gasteiger partial charge on any atom is -0.354 e. The fraction of sp³-hybridized carbons (Fsp3) is 0.214. The van der Waals surface area contributed by atoms with Crippen LogP contribution >= 0.6 is 0 Å². The summed E-state index contributed by atoms with van der Waals surface area (Å²) in [5.74, 6) is 0.0491. The lowest BCUT2D eigenvalue weighted by molar-refractivity contribution is -0.116. The second-order valence-electron chi connectivity index (χ2n) is 4.03. The summed E-state index contributed by atoms with van der Waals surface area (Å²) in [5.41, 5.74) is 1.98. The molecule has 1 aromatic carbocycles. The molecule has 0 unspecified atom stereocenters. The minimum absolute atomic E-state index is 0.0491. The van der Waals surface area contributed by atoms with Crippen molar-refractivity contribution < 1.29 is 4.79 Å². The lowest BCUT2D eigenvalue weighted by Gasteiger charge is -2.08. The average Bonchev–Trinajstić information content (AvgIpc) is 2.82. The van der Waals surface area contributed by atoms with E-state index in [9.17, 15) is 4.79 Å². The van der Waals surface area contributed by atoms with E-state index in [-0.39, 0.29) is 5.91 Å². The van der Waals surface area contributed by atoms with Crippen LogP contribution in [0.25, 0.3) is 0 Å². The molecule has 0 fully saturated rings. The second kappa shape index (κ2) is 5.34. The van der Waals surface area contributed by atoms with E-state index in [1.54, 1.807) is 0 Å². The van der Waals surface area contributed by atoms with Crippen LogP contribution in [0, 0.1) is 6.92 Å². The van der Waals surface area contributed by atoms with Gasteiger partial charge in [0, 0.05) is 31.0 Å². The van der Waals surface area contributed by atoms with Gasteiger partial charge in [0.25, 0.3) is 0 Å². The average molecular weight is 228 g/mol. The van der Waals surface area contributed by atoms with Crippen LogP contribution in [-0.2, 0) is 11.3 Å². The molecular formula is C14H16N2O. The highest BCUT2D eigenvalue weighted by molar-refractivity contribution is 5.91. The van der Waals surface area contributed by atoms with Gasteiger partial charge in [-0.2, -0.15) is 0 Å². The Labute approximate surface area is 101 Å². The van der Waals surface area contributed by atoms with Gasteiger partial charge in [0.15, 0.2) is 0 Å². The van der Waals surface area contributed by atoms with Crippen molar-refractivity contribution in [3.63, 3.8) is 0 Å². The molecule has 3 heteroatoms. The highest BCUT2D eigenvalue weighted by atomic mass is 16.1. The van der Waals surface area contributed by atoms with Crippen LogP contribution in [0.5, 0.6) is 0 Å². The Morgan fingerprint density at radius 3 is 2.59 bits per heavy atom. The largest absolute Gasteiger partial charge is 0.354 e. The molecule has 0 saturated carbocycles. The summed E-state index contributed by atoms with van der Waals surface area (Å²) in [7, 11) is 0. The first kappa shape index (κ1) is 11.5. The highest BCUT2D eigenvalue weighted by Gasteiger charge is 2.03. The summed E-state index contributed by atoms with van der Waals surface area (Å²) < 4.78 is 2.00. The number of para-hydroxylation sites is 1. The van der Waals surface area contributed by atoms with Gasteiger partial charge in [-0.05, 0) is 30.7 Å². The number of aromatic nitrogens is 1. The fourth-order valence-corrected chi connectivity index (χ4v) is 1.68. The number of nitrogens with one attached hydrogen (secondary N) is 1. The van der Waals surface area contributed by atoms with Crippen LogP contribution in [0.1, 0.15) is 12.0 Å². The molecule has 2 aromatic rings. The van der Waals surface area contributed by atoms with Crippen LogP contribution in [-0.4, -0.2) is 10.5 Å². The van der Waals surface area contributed by atoms with Crippen molar-refractivity contribution in [2.24, 2.45) is 0 Å². The molecule has 0 aliphatic heterocycles. The first-order valence-electron chi connectivity index (χ1n) is 5.72. The van der Waals surface area contributed by atoms with Gasteiger partial charge in [0.05, 0.1) is 0 Å². The number of amides is 1. The number of hydrogen-bond donors (Lipinski definition) is 1. The Kier molecular flexibility index (Phi) is 3.60. The maximum absolute atomic E-state index is 11.7. The van der Waals surface area contributed by atoms with Gasteiger partial charge in [0.2, 0.25) is 5.91 Å². The second-order valence-corrected chi connectivity index (χ2v) is 4.03. The van der Waals surface area contributed by atoms with E-state index < -0.39 is 0 Å². The van der Waals surface area contributed by atoms with Gasteiger partial charge >= 0.3 is 0 Å². The molecule has 0 aliphatic carbocycles. The number of anilines is 1. The molecule has 1 heterocycles. The summed E-state index contributed by atoms with van der Waals surface area (Å²) in [6.07, 6.45) is 4.41. The van der Waals surface area contributed by atoms with E-state index in [0.717, 1.165) is 11.3 Å². The van der Waals surface area contributed by atoms with Gasteiger partial charge in [-0.1, -0.05) is 18.2 Å². The molecule has 0 atom stereocenters. The molecule has 3 nitrogen and oxygen atoms in total. The molecule has 0 aliphatic rings. The summed E-state index contributed by atoms with van der Waals surface area (Å²) in [4.78, 5) is 11.7. The van der Waals surface area contributed by atoms with E-state index in [4.69, 9.17) is 0 Å². The third-order valence-electron chi connectivity index (χ3n) is 2.68. The van der Waals surface area contributed by atoms with Crippen LogP contribution in [0.2, 0.25) is 0 Å². The van der Waals surface area contributed by atoms with Crippen molar-refractivity contribution in [2.45, 2.75) is 19.9 Å². The molecule has 1 N–H and O–H groups in total. The Bertz CT molecular complexity index is 489. The van der Waals surface area contributed by atoms with Crippen molar-refractivity contribution in [3.8, 4) is 0 Å². The van der Waals surface area contributed by atoms with E-state index in [2.05, 4.69) is 5.32 Å². The Morgan fingerprint density at radius 1 is 1.18 bits per heavy atom. The molecule has 0 saturated heterocycles. The fourth-order valence-electron chi connectivity index (χ4n) is 1.68. The van der Waals surface area contributed by atoms with Gasteiger partial charge in [-0.3, -0.25) is 4.79 Å². The summed E-state index contributed by atoms with van der Waals surface area (Å²) in [6.45, 7) is 2.70. The number of aryl methyl sites for hydroxylation is 2. The van der Waals surface area contributed by atoms with E-state index in [0.29, 0.717) is 13.0 Å². The maximum Gasteiger partial charge on any atom is 0.226 e. The van der Waals surface area contributed by atoms with Gasteiger partial charge < -0.3 is 9.88 Å². The Hall–Kier alpha value is -2.03. The predicted octanol–water partition coefficient (Wildman–Crippen LogP) is 2.83. The summed E-state index contributed by atoms with van der Waals surface area (Å²) in [5, 5.41) is 2.92. The van der Waals surface area contributed by atoms with Crippen molar-refractivity contribution in [1.82, 2.24) is 4.57 Å². The van der Waals surface area contributed by atoms with Gasteiger partial charge in [-0.15, -0.1) is 0 Å². The maximum atomic E-state index is 11.7. The normalized spacial score (nSPS) is 10.2. The van der Waals surface area contributed by atoms with Crippen molar-refractivity contribution in [1.29, 1.82) is 0 Å². The Morgan fingerprint density at radius 2 is 1.88 bits per heavy atom. The predicted molar refractivity (Wildman–Crippen MR) is 68.9 cm³/mol. The number of benzene rings is 1. The van der Waals surface area contributed by atoms with Crippen LogP contribution in [0.4, 0.5) is 5.69 Å². The first-order chi connectivity index (χ1) is 8.25. The molecular weight excluding hydrogens is 212 g/mol. The third-order valence-corrected chi connectivity index (χ3v) is 2.68. The van der Waals surface area contributed by atoms with Gasteiger partial charge in [-0.25, -0.2) is 0 Å². The SMILES string of the molecule is Cc1ccccc1NC(=O)CCn1cccc1. The van der Waals surface area contributed by atoms with Crippen LogP contribution < -0.4 is 5.32 Å². The van der Waals surface area contributed by atoms with E-state index >= 15 is 0 Å². The molecule has 1 aromatic heterocycles. The number of rotatable bonds is 4. The lowest BCUT2D eigenvalue weighted by Crippen LogP contribution is -2.14. The third kappa shape index (κ3) is 3.21. The van der Waals surface area contributed by atoms with Crippen LogP contribution in [0.15, 0.2) is 48.8 Å². The van der Waals surface area contributed by atoms with Gasteiger partial charge in [0.1, 0.15) is 0 Å². The zero-order valence-corrected chi connectivity index (χ0v) is 9.89. The van der Waals surface area contributed by atoms with Crippen molar-refractivity contribution in [2.75, 3.05) is 5.32 Å². The number of carbonyl (C=O) groups excluding carboxylic acids is 1. The molecule has 0 spiro atoms. The topological polar surface area (TPSA) is 34.0 Å². The van der Waals surface area contributed by atoms with Crippen molar-refractivity contribution in [3.05, 3.63) is 54.4 Å². The molecule has 2 rings (SSSR count). The smallest absolute Gasteiger partial charge is 0.226 e. The lowest BCUT2D eigenvalue weighted by atomic mass is 10.2. The van der Waals surface area contributed by atoms with E-state index in [1.807, 2.05) is 60.3 Å². The standard InChI is InChI=1S/C14H16N2O/c1-12-6-2-3-7-13(12)15-14(17)8-11-16-9-4-5-10-16/h2-7,9-10H,8,11H2,1H3,(H,15,17). The molecule has 88 valence electrons. The number of carbonyl (C=O) groups is 1.